The Kier molecular flexibility index (Phi) is 4.44. The van der Waals surface area contributed by atoms with Crippen LogP contribution in [0.2, 0.25) is 0 Å². The van der Waals surface area contributed by atoms with E-state index in [0.29, 0.717) is 13.1 Å². The van der Waals surface area contributed by atoms with Gasteiger partial charge in [-0.25, -0.2) is 4.39 Å². The number of benzene rings is 2. The number of carbonyl (C=O) groups excluding carboxylic acids is 1. The van der Waals surface area contributed by atoms with Gasteiger partial charge in [0.05, 0.1) is 6.04 Å². The number of carbonyl (C=O) groups is 1. The van der Waals surface area contributed by atoms with Crippen molar-refractivity contribution in [2.45, 2.75) is 13.0 Å². The molecule has 0 aliphatic carbocycles. The first-order valence-corrected chi connectivity index (χ1v) is 7.86. The fraction of sp³-hybridized carbons (Fsp3) is 0.316. The van der Waals surface area contributed by atoms with Crippen LogP contribution in [0.3, 0.4) is 0 Å². The summed E-state index contributed by atoms with van der Waals surface area (Å²) in [5, 5.41) is 0. The molecule has 1 heterocycles. The van der Waals surface area contributed by atoms with Crippen LogP contribution in [0.15, 0.2) is 48.5 Å². The molecule has 2 aromatic carbocycles. The van der Waals surface area contributed by atoms with Gasteiger partial charge in [-0.3, -0.25) is 9.69 Å². The SMILES string of the molecule is Cc1ccc(C(=O)N2CCN(C)C(c3ccc(F)cc3)C2)cc1. The molecule has 3 nitrogen and oxygen atoms in total. The highest BCUT2D eigenvalue weighted by Crippen LogP contribution is 2.25. The summed E-state index contributed by atoms with van der Waals surface area (Å²) in [6.45, 7) is 4.14. The number of amides is 1. The van der Waals surface area contributed by atoms with E-state index in [2.05, 4.69) is 4.90 Å². The number of rotatable bonds is 2. The normalized spacial score (nSPS) is 18.9. The van der Waals surface area contributed by atoms with Crippen LogP contribution < -0.4 is 0 Å². The van der Waals surface area contributed by atoms with Gasteiger partial charge in [0.15, 0.2) is 0 Å². The molecule has 0 saturated carbocycles. The summed E-state index contributed by atoms with van der Waals surface area (Å²) in [6, 6.07) is 14.3. The van der Waals surface area contributed by atoms with Gasteiger partial charge in [0.1, 0.15) is 5.82 Å². The molecule has 0 spiro atoms. The molecule has 1 saturated heterocycles. The Morgan fingerprint density at radius 3 is 2.35 bits per heavy atom. The zero-order chi connectivity index (χ0) is 16.4. The van der Waals surface area contributed by atoms with Crippen LogP contribution >= 0.6 is 0 Å². The quantitative estimate of drug-likeness (QED) is 0.850. The monoisotopic (exact) mass is 312 g/mol. The molecule has 1 unspecified atom stereocenters. The van der Waals surface area contributed by atoms with Gasteiger partial charge in [-0.1, -0.05) is 29.8 Å². The Bertz CT molecular complexity index is 682. The smallest absolute Gasteiger partial charge is 0.253 e. The van der Waals surface area contributed by atoms with Gasteiger partial charge in [0.25, 0.3) is 5.91 Å². The summed E-state index contributed by atoms with van der Waals surface area (Å²) in [5.74, 6) is -0.176. The molecule has 0 bridgehead atoms. The van der Waals surface area contributed by atoms with Crippen molar-refractivity contribution in [2.24, 2.45) is 0 Å². The molecular weight excluding hydrogens is 291 g/mol. The van der Waals surface area contributed by atoms with Crippen molar-refractivity contribution in [3.63, 3.8) is 0 Å². The molecule has 1 aliphatic heterocycles. The van der Waals surface area contributed by atoms with Crippen LogP contribution in [0.5, 0.6) is 0 Å². The summed E-state index contributed by atoms with van der Waals surface area (Å²) in [5.41, 5.74) is 2.90. The largest absolute Gasteiger partial charge is 0.335 e. The van der Waals surface area contributed by atoms with Gasteiger partial charge in [-0.05, 0) is 43.8 Å². The van der Waals surface area contributed by atoms with Crippen molar-refractivity contribution in [1.29, 1.82) is 0 Å². The first-order chi connectivity index (χ1) is 11.0. The zero-order valence-corrected chi connectivity index (χ0v) is 13.5. The first kappa shape index (κ1) is 15.7. The minimum Gasteiger partial charge on any atom is -0.335 e. The molecule has 4 heteroatoms. The number of nitrogens with zero attached hydrogens (tertiary/aromatic N) is 2. The second-order valence-corrected chi connectivity index (χ2v) is 6.17. The predicted octanol–water partition coefficient (Wildman–Crippen LogP) is 3.26. The summed E-state index contributed by atoms with van der Waals surface area (Å²) < 4.78 is 13.1. The van der Waals surface area contributed by atoms with Crippen LogP contribution in [-0.2, 0) is 0 Å². The topological polar surface area (TPSA) is 23.6 Å². The molecule has 0 aromatic heterocycles. The Morgan fingerprint density at radius 1 is 1.04 bits per heavy atom. The maximum atomic E-state index is 13.1. The van der Waals surface area contributed by atoms with Gasteiger partial charge in [-0.2, -0.15) is 0 Å². The lowest BCUT2D eigenvalue weighted by molar-refractivity contribution is 0.0546. The predicted molar refractivity (Wildman–Crippen MR) is 88.9 cm³/mol. The van der Waals surface area contributed by atoms with E-state index in [1.807, 2.05) is 43.1 Å². The number of halogens is 1. The summed E-state index contributed by atoms with van der Waals surface area (Å²) in [4.78, 5) is 16.8. The molecule has 120 valence electrons. The standard InChI is InChI=1S/C19H21FN2O/c1-14-3-5-16(6-4-14)19(23)22-12-11-21(2)18(13-22)15-7-9-17(20)10-8-15/h3-10,18H,11-13H2,1-2H3. The van der Waals surface area contributed by atoms with Crippen molar-refractivity contribution >= 4 is 5.91 Å². The third-order valence-corrected chi connectivity index (χ3v) is 4.49. The van der Waals surface area contributed by atoms with Gasteiger partial charge < -0.3 is 4.90 Å². The van der Waals surface area contributed by atoms with Crippen molar-refractivity contribution in [1.82, 2.24) is 9.80 Å². The number of hydrogen-bond donors (Lipinski definition) is 0. The lowest BCUT2D eigenvalue weighted by atomic mass is 10.0. The Balaban J connectivity index is 1.78. The minimum absolute atomic E-state index is 0.0604. The van der Waals surface area contributed by atoms with Gasteiger partial charge in [0, 0.05) is 25.2 Å². The van der Waals surface area contributed by atoms with E-state index in [1.165, 1.54) is 12.1 Å². The molecule has 23 heavy (non-hydrogen) atoms. The molecule has 1 amide bonds. The van der Waals surface area contributed by atoms with Crippen LogP contribution in [0.1, 0.15) is 27.5 Å². The molecular formula is C19H21FN2O. The highest BCUT2D eigenvalue weighted by Gasteiger charge is 2.28. The van der Waals surface area contributed by atoms with Crippen molar-refractivity contribution in [2.75, 3.05) is 26.7 Å². The van der Waals surface area contributed by atoms with Crippen LogP contribution in [0, 0.1) is 12.7 Å². The van der Waals surface area contributed by atoms with E-state index in [1.54, 1.807) is 12.1 Å². The number of aryl methyl sites for hydroxylation is 1. The highest BCUT2D eigenvalue weighted by atomic mass is 19.1. The molecule has 1 atom stereocenters. The molecule has 1 fully saturated rings. The van der Waals surface area contributed by atoms with Crippen LogP contribution in [-0.4, -0.2) is 42.4 Å². The molecule has 0 N–H and O–H groups in total. The average molecular weight is 312 g/mol. The summed E-state index contributed by atoms with van der Waals surface area (Å²) >= 11 is 0. The fourth-order valence-corrected chi connectivity index (χ4v) is 2.98. The number of hydrogen-bond acceptors (Lipinski definition) is 2. The fourth-order valence-electron chi connectivity index (χ4n) is 2.98. The van der Waals surface area contributed by atoms with Crippen molar-refractivity contribution in [3.8, 4) is 0 Å². The first-order valence-electron chi connectivity index (χ1n) is 7.86. The summed E-state index contributed by atoms with van der Waals surface area (Å²) in [6.07, 6.45) is 0. The highest BCUT2D eigenvalue weighted by molar-refractivity contribution is 5.94. The second kappa shape index (κ2) is 6.50. The Hall–Kier alpha value is -2.20. The Morgan fingerprint density at radius 2 is 1.70 bits per heavy atom. The zero-order valence-electron chi connectivity index (χ0n) is 13.5. The van der Waals surface area contributed by atoms with E-state index in [4.69, 9.17) is 0 Å². The van der Waals surface area contributed by atoms with E-state index in [0.717, 1.165) is 23.2 Å². The lowest BCUT2D eigenvalue weighted by Crippen LogP contribution is -2.49. The van der Waals surface area contributed by atoms with Gasteiger partial charge in [0.2, 0.25) is 0 Å². The van der Waals surface area contributed by atoms with Crippen molar-refractivity contribution in [3.05, 3.63) is 71.0 Å². The van der Waals surface area contributed by atoms with Crippen LogP contribution in [0.25, 0.3) is 0 Å². The number of piperazine rings is 1. The van der Waals surface area contributed by atoms with E-state index < -0.39 is 0 Å². The molecule has 0 radical (unpaired) electrons. The Labute approximate surface area is 136 Å². The molecule has 3 rings (SSSR count). The maximum Gasteiger partial charge on any atom is 0.253 e. The third-order valence-electron chi connectivity index (χ3n) is 4.49. The van der Waals surface area contributed by atoms with E-state index in [-0.39, 0.29) is 17.8 Å². The maximum absolute atomic E-state index is 13.1. The third kappa shape index (κ3) is 3.42. The van der Waals surface area contributed by atoms with Crippen molar-refractivity contribution < 1.29 is 9.18 Å². The van der Waals surface area contributed by atoms with Gasteiger partial charge >= 0.3 is 0 Å². The minimum atomic E-state index is -0.236. The van der Waals surface area contributed by atoms with E-state index >= 15 is 0 Å². The molecule has 2 aromatic rings. The van der Waals surface area contributed by atoms with E-state index in [9.17, 15) is 9.18 Å². The number of likely N-dealkylation sites (N-methyl/N-ethyl adjacent to an activating group) is 1. The average Bonchev–Trinajstić information content (AvgIpc) is 2.56. The second-order valence-electron chi connectivity index (χ2n) is 6.17. The summed E-state index contributed by atoms with van der Waals surface area (Å²) in [7, 11) is 2.04. The van der Waals surface area contributed by atoms with Gasteiger partial charge in [-0.15, -0.1) is 0 Å². The van der Waals surface area contributed by atoms with Crippen LogP contribution in [0.4, 0.5) is 4.39 Å². The molecule has 1 aliphatic rings. The lowest BCUT2D eigenvalue weighted by Gasteiger charge is -2.39.